The lowest BCUT2D eigenvalue weighted by Crippen LogP contribution is -2.33. The number of nitrogens with one attached hydrogen (secondary N) is 2. The fourth-order valence-electron chi connectivity index (χ4n) is 3.34. The van der Waals surface area contributed by atoms with E-state index in [1.807, 2.05) is 30.3 Å². The van der Waals surface area contributed by atoms with Gasteiger partial charge in [0.2, 0.25) is 0 Å². The molecule has 154 valence electrons. The third-order valence-electron chi connectivity index (χ3n) is 4.98. The maximum Gasteiger partial charge on any atom is 0.278 e. The number of ether oxygens (including phenoxy) is 1. The first-order valence-electron chi connectivity index (χ1n) is 9.83. The summed E-state index contributed by atoms with van der Waals surface area (Å²) in [5.74, 6) is -0.0644. The molecule has 1 aliphatic heterocycles. The van der Waals surface area contributed by atoms with Gasteiger partial charge < -0.3 is 19.8 Å². The second-order valence-corrected chi connectivity index (χ2v) is 7.02. The lowest BCUT2D eigenvalue weighted by molar-refractivity contribution is 0.0642. The maximum absolute atomic E-state index is 12.8. The van der Waals surface area contributed by atoms with Gasteiger partial charge in [0, 0.05) is 31.5 Å². The number of amides is 2. The number of carbonyl (C=O) groups is 2. The predicted octanol–water partition coefficient (Wildman–Crippen LogP) is 3.15. The summed E-state index contributed by atoms with van der Waals surface area (Å²) in [5, 5.41) is 5.65. The molecule has 8 heteroatoms. The number of oxazole rings is 1. The molecule has 0 aliphatic carbocycles. The highest BCUT2D eigenvalue weighted by atomic mass is 16.5. The van der Waals surface area contributed by atoms with E-state index >= 15 is 0 Å². The Hall–Kier alpha value is -3.52. The fraction of sp³-hybridized carbons (Fsp3) is 0.273. The van der Waals surface area contributed by atoms with Crippen molar-refractivity contribution in [2.45, 2.75) is 12.8 Å². The van der Waals surface area contributed by atoms with Crippen LogP contribution in [0.25, 0.3) is 11.3 Å². The van der Waals surface area contributed by atoms with Gasteiger partial charge in [-0.2, -0.15) is 0 Å². The number of hydrogen-bond donors (Lipinski definition) is 2. The van der Waals surface area contributed by atoms with Gasteiger partial charge in [0.1, 0.15) is 0 Å². The van der Waals surface area contributed by atoms with Crippen LogP contribution in [0.3, 0.4) is 0 Å². The average Bonchev–Trinajstić information content (AvgIpc) is 3.29. The molecule has 1 aliphatic rings. The van der Waals surface area contributed by atoms with Crippen molar-refractivity contribution in [3.8, 4) is 11.3 Å². The summed E-state index contributed by atoms with van der Waals surface area (Å²) in [7, 11) is 0. The summed E-state index contributed by atoms with van der Waals surface area (Å²) in [4.78, 5) is 33.7. The quantitative estimate of drug-likeness (QED) is 0.651. The van der Waals surface area contributed by atoms with E-state index < -0.39 is 5.91 Å². The van der Waals surface area contributed by atoms with Gasteiger partial charge in [0.25, 0.3) is 11.8 Å². The molecule has 0 radical (unpaired) electrons. The molecule has 0 atom stereocenters. The molecule has 8 nitrogen and oxygen atoms in total. The molecular formula is C22H22N4O4. The molecule has 0 spiro atoms. The second-order valence-electron chi connectivity index (χ2n) is 7.02. The van der Waals surface area contributed by atoms with E-state index in [4.69, 9.17) is 9.15 Å². The van der Waals surface area contributed by atoms with E-state index in [0.29, 0.717) is 37.1 Å². The lowest BCUT2D eigenvalue weighted by atomic mass is 10.0. The van der Waals surface area contributed by atoms with Crippen molar-refractivity contribution >= 4 is 17.5 Å². The summed E-state index contributed by atoms with van der Waals surface area (Å²) in [6, 6.07) is 12.5. The van der Waals surface area contributed by atoms with Gasteiger partial charge in [-0.1, -0.05) is 30.3 Å². The van der Waals surface area contributed by atoms with Gasteiger partial charge in [0.05, 0.1) is 5.69 Å². The number of aromatic nitrogens is 2. The zero-order valence-electron chi connectivity index (χ0n) is 16.3. The van der Waals surface area contributed by atoms with Crippen LogP contribution in [-0.4, -0.2) is 41.5 Å². The number of nitrogens with zero attached hydrogens (tertiary/aromatic N) is 2. The minimum Gasteiger partial charge on any atom is -0.443 e. The van der Waals surface area contributed by atoms with Crippen molar-refractivity contribution in [1.29, 1.82) is 0 Å². The first-order valence-corrected chi connectivity index (χ1v) is 9.83. The summed E-state index contributed by atoms with van der Waals surface area (Å²) in [6.45, 7) is 1.98. The Labute approximate surface area is 173 Å². The summed E-state index contributed by atoms with van der Waals surface area (Å²) >= 11 is 0. The Morgan fingerprint density at radius 1 is 0.967 bits per heavy atom. The number of carbonyl (C=O) groups excluding carboxylic acids is 2. The Morgan fingerprint density at radius 3 is 2.57 bits per heavy atom. The van der Waals surface area contributed by atoms with Crippen LogP contribution in [-0.2, 0) is 4.74 Å². The number of rotatable bonds is 6. The van der Waals surface area contributed by atoms with E-state index in [1.165, 1.54) is 12.6 Å². The minimum atomic E-state index is -0.478. The Bertz CT molecular complexity index is 1010. The highest BCUT2D eigenvalue weighted by Gasteiger charge is 2.22. The summed E-state index contributed by atoms with van der Waals surface area (Å²) in [5.41, 5.74) is 1.34. The van der Waals surface area contributed by atoms with Gasteiger partial charge in [-0.3, -0.25) is 9.59 Å². The molecule has 0 bridgehead atoms. The van der Waals surface area contributed by atoms with E-state index in [2.05, 4.69) is 20.6 Å². The fourth-order valence-corrected chi connectivity index (χ4v) is 3.34. The molecule has 2 N–H and O–H groups in total. The normalized spacial score (nSPS) is 14.3. The molecule has 30 heavy (non-hydrogen) atoms. The first-order chi connectivity index (χ1) is 14.7. The first kappa shape index (κ1) is 19.8. The standard InChI is InChI=1S/C22H22N4O4/c27-21(24-13-15-8-11-29-12-9-15)18-17(7-4-10-23-18)26-22(28)19-20(30-14-25-19)16-5-2-1-3-6-16/h1-7,10,14-15H,8-9,11-13H2,(H,24,27)(H,26,28). The predicted molar refractivity (Wildman–Crippen MR) is 110 cm³/mol. The van der Waals surface area contributed by atoms with Crippen molar-refractivity contribution in [3.05, 3.63) is 66.4 Å². The molecule has 2 aromatic heterocycles. The minimum absolute atomic E-state index is 0.138. The highest BCUT2D eigenvalue weighted by molar-refractivity contribution is 6.09. The van der Waals surface area contributed by atoms with Crippen LogP contribution in [0.2, 0.25) is 0 Å². The number of anilines is 1. The molecule has 3 aromatic rings. The number of benzene rings is 1. The van der Waals surface area contributed by atoms with Crippen LogP contribution in [0, 0.1) is 5.92 Å². The maximum atomic E-state index is 12.8. The van der Waals surface area contributed by atoms with Gasteiger partial charge >= 0.3 is 0 Å². The molecule has 1 aromatic carbocycles. The van der Waals surface area contributed by atoms with Crippen molar-refractivity contribution in [1.82, 2.24) is 15.3 Å². The van der Waals surface area contributed by atoms with Crippen LogP contribution in [0.5, 0.6) is 0 Å². The van der Waals surface area contributed by atoms with Crippen molar-refractivity contribution in [2.75, 3.05) is 25.1 Å². The lowest BCUT2D eigenvalue weighted by Gasteiger charge is -2.22. The molecule has 1 fully saturated rings. The highest BCUT2D eigenvalue weighted by Crippen LogP contribution is 2.24. The third kappa shape index (κ3) is 4.55. The Balaban J connectivity index is 1.47. The molecular weight excluding hydrogens is 384 g/mol. The van der Waals surface area contributed by atoms with Gasteiger partial charge in [-0.25, -0.2) is 9.97 Å². The van der Waals surface area contributed by atoms with Crippen LogP contribution in [0.1, 0.15) is 33.8 Å². The third-order valence-corrected chi connectivity index (χ3v) is 4.98. The zero-order chi connectivity index (χ0) is 20.8. The smallest absolute Gasteiger partial charge is 0.278 e. The molecule has 0 unspecified atom stereocenters. The Kier molecular flexibility index (Phi) is 6.14. The van der Waals surface area contributed by atoms with Crippen molar-refractivity contribution < 1.29 is 18.7 Å². The molecule has 0 saturated carbocycles. The van der Waals surface area contributed by atoms with Crippen LogP contribution in [0.15, 0.2) is 59.5 Å². The topological polar surface area (TPSA) is 106 Å². The summed E-state index contributed by atoms with van der Waals surface area (Å²) in [6.07, 6.45) is 4.58. The van der Waals surface area contributed by atoms with E-state index in [-0.39, 0.29) is 17.3 Å². The van der Waals surface area contributed by atoms with E-state index in [0.717, 1.165) is 18.4 Å². The van der Waals surface area contributed by atoms with Crippen LogP contribution >= 0.6 is 0 Å². The summed E-state index contributed by atoms with van der Waals surface area (Å²) < 4.78 is 10.8. The van der Waals surface area contributed by atoms with Crippen molar-refractivity contribution in [3.63, 3.8) is 0 Å². The molecule has 3 heterocycles. The van der Waals surface area contributed by atoms with Gasteiger partial charge in [0.15, 0.2) is 23.5 Å². The van der Waals surface area contributed by atoms with Crippen LogP contribution in [0.4, 0.5) is 5.69 Å². The molecule has 4 rings (SSSR count). The van der Waals surface area contributed by atoms with E-state index in [1.54, 1.807) is 12.1 Å². The van der Waals surface area contributed by atoms with Crippen LogP contribution < -0.4 is 10.6 Å². The van der Waals surface area contributed by atoms with Gasteiger partial charge in [-0.15, -0.1) is 0 Å². The van der Waals surface area contributed by atoms with Crippen molar-refractivity contribution in [2.24, 2.45) is 5.92 Å². The monoisotopic (exact) mass is 406 g/mol. The average molecular weight is 406 g/mol. The van der Waals surface area contributed by atoms with E-state index in [9.17, 15) is 9.59 Å². The molecule has 1 saturated heterocycles. The van der Waals surface area contributed by atoms with Gasteiger partial charge in [-0.05, 0) is 30.9 Å². The number of hydrogen-bond acceptors (Lipinski definition) is 6. The molecule has 2 amide bonds. The SMILES string of the molecule is O=C(NCC1CCOCC1)c1ncccc1NC(=O)c1ncoc1-c1ccccc1. The zero-order valence-corrected chi connectivity index (χ0v) is 16.3. The Morgan fingerprint density at radius 2 is 1.77 bits per heavy atom. The number of pyridine rings is 1. The largest absolute Gasteiger partial charge is 0.443 e. The second kappa shape index (κ2) is 9.32.